The third-order valence-electron chi connectivity index (χ3n) is 5.38. The molecule has 0 saturated heterocycles. The SMILES string of the molecule is CC(c1cn(-c2ccc(F)cc2F)nn1)c1cc(-c2cnc(C(F)(F)F)nc2)c2c(N)ncnn12. The smallest absolute Gasteiger partial charge is 0.382 e. The second kappa shape index (κ2) is 8.07. The van der Waals surface area contributed by atoms with Crippen molar-refractivity contribution in [1.29, 1.82) is 0 Å². The van der Waals surface area contributed by atoms with Gasteiger partial charge in [0, 0.05) is 35.5 Å². The molecule has 5 aromatic rings. The molecule has 4 heterocycles. The molecule has 1 atom stereocenters. The summed E-state index contributed by atoms with van der Waals surface area (Å²) in [7, 11) is 0. The summed E-state index contributed by atoms with van der Waals surface area (Å²) in [6.45, 7) is 1.78. The topological polar surface area (TPSA) is 113 Å². The molecule has 0 spiro atoms. The summed E-state index contributed by atoms with van der Waals surface area (Å²) in [4.78, 5) is 10.8. The summed E-state index contributed by atoms with van der Waals surface area (Å²) in [5, 5.41) is 12.3. The van der Waals surface area contributed by atoms with Crippen molar-refractivity contribution < 1.29 is 22.0 Å². The molecule has 0 aliphatic rings. The molecule has 1 unspecified atom stereocenters. The number of benzene rings is 1. The summed E-state index contributed by atoms with van der Waals surface area (Å²) < 4.78 is 68.7. The fourth-order valence-corrected chi connectivity index (χ4v) is 3.65. The highest BCUT2D eigenvalue weighted by molar-refractivity contribution is 5.88. The molecule has 0 amide bonds. The van der Waals surface area contributed by atoms with Crippen molar-refractivity contribution in [3.63, 3.8) is 0 Å². The number of hydrogen-bond acceptors (Lipinski definition) is 7. The summed E-state index contributed by atoms with van der Waals surface area (Å²) in [6.07, 6.45) is 0.112. The molecular weight excluding hydrogens is 473 g/mol. The molecule has 0 radical (unpaired) electrons. The Labute approximate surface area is 193 Å². The van der Waals surface area contributed by atoms with E-state index in [2.05, 4.69) is 30.4 Å². The van der Waals surface area contributed by atoms with Crippen LogP contribution in [0.2, 0.25) is 0 Å². The zero-order chi connectivity index (χ0) is 24.9. The van der Waals surface area contributed by atoms with E-state index in [4.69, 9.17) is 5.73 Å². The number of nitrogen functional groups attached to an aromatic ring is 1. The zero-order valence-corrected chi connectivity index (χ0v) is 17.7. The van der Waals surface area contributed by atoms with Crippen LogP contribution in [0.4, 0.5) is 27.8 Å². The predicted octanol–water partition coefficient (Wildman–Crippen LogP) is 3.80. The normalized spacial score (nSPS) is 12.9. The van der Waals surface area contributed by atoms with Crippen molar-refractivity contribution >= 4 is 11.3 Å². The van der Waals surface area contributed by atoms with E-state index >= 15 is 0 Å². The number of hydrogen-bond donors (Lipinski definition) is 1. The van der Waals surface area contributed by atoms with Crippen molar-refractivity contribution in [3.05, 3.63) is 78.0 Å². The van der Waals surface area contributed by atoms with Crippen LogP contribution in [-0.4, -0.2) is 39.6 Å². The minimum Gasteiger partial charge on any atom is -0.382 e. The maximum Gasteiger partial charge on any atom is 0.451 e. The Morgan fingerprint density at radius 3 is 2.46 bits per heavy atom. The number of fused-ring (bicyclic) bond motifs is 1. The average molecular weight is 487 g/mol. The van der Waals surface area contributed by atoms with Crippen LogP contribution >= 0.6 is 0 Å². The first-order chi connectivity index (χ1) is 16.6. The van der Waals surface area contributed by atoms with Gasteiger partial charge in [0.25, 0.3) is 0 Å². The molecule has 0 fully saturated rings. The van der Waals surface area contributed by atoms with E-state index in [-0.39, 0.29) is 17.1 Å². The maximum absolute atomic E-state index is 14.2. The quantitative estimate of drug-likeness (QED) is 0.384. The minimum absolute atomic E-state index is 0.00605. The lowest BCUT2D eigenvalue weighted by molar-refractivity contribution is -0.144. The largest absolute Gasteiger partial charge is 0.451 e. The van der Waals surface area contributed by atoms with Crippen molar-refractivity contribution in [2.24, 2.45) is 0 Å². The number of nitrogens with two attached hydrogens (primary N) is 1. The Bertz CT molecular complexity index is 1540. The third-order valence-corrected chi connectivity index (χ3v) is 5.38. The van der Waals surface area contributed by atoms with Gasteiger partial charge in [-0.15, -0.1) is 5.10 Å². The lowest BCUT2D eigenvalue weighted by atomic mass is 10.0. The van der Waals surface area contributed by atoms with Gasteiger partial charge in [0.05, 0.1) is 17.6 Å². The second-order valence-corrected chi connectivity index (χ2v) is 7.59. The first-order valence-corrected chi connectivity index (χ1v) is 10.0. The van der Waals surface area contributed by atoms with Crippen LogP contribution in [-0.2, 0) is 6.18 Å². The van der Waals surface area contributed by atoms with E-state index in [1.165, 1.54) is 27.8 Å². The van der Waals surface area contributed by atoms with Gasteiger partial charge in [0.2, 0.25) is 5.82 Å². The molecule has 0 saturated carbocycles. The second-order valence-electron chi connectivity index (χ2n) is 7.59. The van der Waals surface area contributed by atoms with Gasteiger partial charge in [0.1, 0.15) is 23.3 Å². The molecular formula is C21H14F5N9. The van der Waals surface area contributed by atoms with Gasteiger partial charge in [0.15, 0.2) is 11.6 Å². The summed E-state index contributed by atoms with van der Waals surface area (Å²) in [5.41, 5.74) is 8.06. The molecule has 14 heteroatoms. The highest BCUT2D eigenvalue weighted by Crippen LogP contribution is 2.35. The molecule has 178 valence electrons. The van der Waals surface area contributed by atoms with E-state index in [9.17, 15) is 22.0 Å². The summed E-state index contributed by atoms with van der Waals surface area (Å²) in [6, 6.07) is 4.73. The van der Waals surface area contributed by atoms with Crippen LogP contribution in [0.25, 0.3) is 22.3 Å². The van der Waals surface area contributed by atoms with Crippen LogP contribution < -0.4 is 5.73 Å². The zero-order valence-electron chi connectivity index (χ0n) is 17.7. The predicted molar refractivity (Wildman–Crippen MR) is 112 cm³/mol. The molecule has 0 bridgehead atoms. The molecule has 35 heavy (non-hydrogen) atoms. The number of alkyl halides is 3. The summed E-state index contributed by atoms with van der Waals surface area (Å²) in [5.74, 6) is -3.19. The standard InChI is InChI=1S/C21H14F5N9/c1-10(15-8-34(33-32-15)16-3-2-12(22)4-14(16)23)17-5-13(18-19(27)30-9-31-35(17)18)11-6-28-20(29-7-11)21(24,25)26/h2-10H,1H3,(H2,27,30,31). The molecule has 0 aliphatic carbocycles. The lowest BCUT2D eigenvalue weighted by Gasteiger charge is -2.08. The van der Waals surface area contributed by atoms with Gasteiger partial charge in [-0.25, -0.2) is 32.9 Å². The number of aromatic nitrogens is 8. The average Bonchev–Trinajstić information content (AvgIpc) is 3.44. The molecule has 2 N–H and O–H groups in total. The molecule has 9 nitrogen and oxygen atoms in total. The highest BCUT2D eigenvalue weighted by Gasteiger charge is 2.34. The van der Waals surface area contributed by atoms with E-state index in [1.807, 2.05) is 0 Å². The highest BCUT2D eigenvalue weighted by atomic mass is 19.4. The maximum atomic E-state index is 14.2. The van der Waals surface area contributed by atoms with Gasteiger partial charge < -0.3 is 5.73 Å². The first-order valence-electron chi connectivity index (χ1n) is 10.0. The van der Waals surface area contributed by atoms with Gasteiger partial charge in [-0.3, -0.25) is 0 Å². The molecule has 0 aliphatic heterocycles. The van der Waals surface area contributed by atoms with Gasteiger partial charge in [-0.1, -0.05) is 12.1 Å². The Balaban J connectivity index is 1.58. The van der Waals surface area contributed by atoms with Crippen LogP contribution in [0.3, 0.4) is 0 Å². The van der Waals surface area contributed by atoms with Crippen LogP contribution in [0.1, 0.15) is 30.1 Å². The minimum atomic E-state index is -4.68. The fourth-order valence-electron chi connectivity index (χ4n) is 3.65. The fraction of sp³-hybridized carbons (Fsp3) is 0.143. The van der Waals surface area contributed by atoms with E-state index in [1.54, 1.807) is 13.0 Å². The Morgan fingerprint density at radius 2 is 1.77 bits per heavy atom. The van der Waals surface area contributed by atoms with Crippen molar-refractivity contribution in [2.75, 3.05) is 5.73 Å². The third kappa shape index (κ3) is 3.92. The Morgan fingerprint density at radius 1 is 1.03 bits per heavy atom. The van der Waals surface area contributed by atoms with E-state index < -0.39 is 29.6 Å². The first kappa shape index (κ1) is 22.3. The molecule has 1 aromatic carbocycles. The van der Waals surface area contributed by atoms with Crippen molar-refractivity contribution in [1.82, 2.24) is 39.6 Å². The monoisotopic (exact) mass is 487 g/mol. The van der Waals surface area contributed by atoms with Crippen LogP contribution in [0, 0.1) is 11.6 Å². The van der Waals surface area contributed by atoms with E-state index in [0.717, 1.165) is 24.5 Å². The van der Waals surface area contributed by atoms with E-state index in [0.29, 0.717) is 22.5 Å². The lowest BCUT2D eigenvalue weighted by Crippen LogP contribution is -2.10. The van der Waals surface area contributed by atoms with Gasteiger partial charge >= 0.3 is 6.18 Å². The molecule has 5 rings (SSSR count). The number of anilines is 1. The summed E-state index contributed by atoms with van der Waals surface area (Å²) >= 11 is 0. The number of nitrogens with zero attached hydrogens (tertiary/aromatic N) is 8. The van der Waals surface area contributed by atoms with Crippen LogP contribution in [0.5, 0.6) is 0 Å². The Kier molecular flexibility index (Phi) is 5.15. The Hall–Kier alpha value is -4.49. The van der Waals surface area contributed by atoms with Crippen molar-refractivity contribution in [3.8, 4) is 16.8 Å². The number of halogens is 5. The number of rotatable bonds is 4. The van der Waals surface area contributed by atoms with Gasteiger partial charge in [-0.2, -0.15) is 18.3 Å². The molecule has 4 aromatic heterocycles. The van der Waals surface area contributed by atoms with Crippen LogP contribution in [0.15, 0.2) is 49.2 Å². The van der Waals surface area contributed by atoms with Gasteiger partial charge in [-0.05, 0) is 18.2 Å². The van der Waals surface area contributed by atoms with Crippen molar-refractivity contribution in [2.45, 2.75) is 19.0 Å².